The van der Waals surface area contributed by atoms with Crippen molar-refractivity contribution >= 4 is 28.7 Å². The lowest BCUT2D eigenvalue weighted by atomic mass is 10.1. The van der Waals surface area contributed by atoms with Crippen LogP contribution >= 0.6 is 12.2 Å². The van der Waals surface area contributed by atoms with Gasteiger partial charge in [0.2, 0.25) is 0 Å². The van der Waals surface area contributed by atoms with Crippen molar-refractivity contribution in [3.05, 3.63) is 41.3 Å². The number of nitrogens with two attached hydrogens (primary N) is 1. The third-order valence-electron chi connectivity index (χ3n) is 3.03. The Balaban J connectivity index is 2.57. The molecular formula is C13H15N5S. The topological polar surface area (TPSA) is 67.9 Å². The minimum absolute atomic E-state index is 0.321. The van der Waals surface area contributed by atoms with Crippen LogP contribution in [0.15, 0.2) is 24.5 Å². The van der Waals surface area contributed by atoms with Crippen molar-refractivity contribution in [1.29, 1.82) is 0 Å². The third-order valence-corrected chi connectivity index (χ3v) is 3.24. The standard InChI is InChI=1S/C13H15N5S/c1-8-9(2)16-17-13(11(8)12(14)19)18(3)10-5-4-6-15-7-10/h4-7H,1-3H3,(H2,14,19). The average molecular weight is 273 g/mol. The number of rotatable bonds is 3. The van der Waals surface area contributed by atoms with E-state index in [0.717, 1.165) is 22.5 Å². The van der Waals surface area contributed by atoms with Crippen LogP contribution in [-0.4, -0.2) is 27.2 Å². The molecule has 0 saturated carbocycles. The van der Waals surface area contributed by atoms with Crippen LogP contribution < -0.4 is 10.6 Å². The van der Waals surface area contributed by atoms with E-state index in [-0.39, 0.29) is 0 Å². The zero-order valence-corrected chi connectivity index (χ0v) is 11.9. The SMILES string of the molecule is Cc1nnc(N(C)c2cccnc2)c(C(N)=S)c1C. The van der Waals surface area contributed by atoms with Crippen LogP contribution in [0.2, 0.25) is 0 Å². The zero-order valence-electron chi connectivity index (χ0n) is 11.1. The first-order valence-corrected chi connectivity index (χ1v) is 6.20. The minimum Gasteiger partial charge on any atom is -0.389 e. The summed E-state index contributed by atoms with van der Waals surface area (Å²) in [5.74, 6) is 0.642. The zero-order chi connectivity index (χ0) is 14.0. The molecule has 0 aromatic carbocycles. The lowest BCUT2D eigenvalue weighted by Crippen LogP contribution is -2.22. The molecule has 0 aliphatic heterocycles. The number of aryl methyl sites for hydroxylation is 1. The Kier molecular flexibility index (Phi) is 3.71. The number of aromatic nitrogens is 3. The molecule has 0 aliphatic carbocycles. The Morgan fingerprint density at radius 1 is 1.32 bits per heavy atom. The lowest BCUT2D eigenvalue weighted by molar-refractivity contribution is 0.931. The maximum atomic E-state index is 5.82. The maximum Gasteiger partial charge on any atom is 0.166 e. The van der Waals surface area contributed by atoms with Gasteiger partial charge in [-0.05, 0) is 31.5 Å². The number of hydrogen-bond acceptors (Lipinski definition) is 5. The molecule has 6 heteroatoms. The molecule has 2 heterocycles. The molecule has 0 fully saturated rings. The highest BCUT2D eigenvalue weighted by atomic mass is 32.1. The smallest absolute Gasteiger partial charge is 0.166 e. The van der Waals surface area contributed by atoms with Crippen molar-refractivity contribution in [2.75, 3.05) is 11.9 Å². The summed E-state index contributed by atoms with van der Waals surface area (Å²) in [5, 5.41) is 8.36. The fraction of sp³-hybridized carbons (Fsp3) is 0.231. The first-order valence-electron chi connectivity index (χ1n) is 5.79. The predicted molar refractivity (Wildman–Crippen MR) is 79.7 cm³/mol. The second-order valence-electron chi connectivity index (χ2n) is 4.24. The molecule has 98 valence electrons. The van der Waals surface area contributed by atoms with E-state index in [1.54, 1.807) is 12.4 Å². The van der Waals surface area contributed by atoms with Gasteiger partial charge in [0.05, 0.1) is 23.1 Å². The summed E-state index contributed by atoms with van der Waals surface area (Å²) in [7, 11) is 1.89. The van der Waals surface area contributed by atoms with Gasteiger partial charge in [-0.3, -0.25) is 4.98 Å². The average Bonchev–Trinajstić information content (AvgIpc) is 2.41. The monoisotopic (exact) mass is 273 g/mol. The fourth-order valence-electron chi connectivity index (χ4n) is 1.80. The summed E-state index contributed by atoms with van der Waals surface area (Å²) in [6, 6.07) is 3.80. The van der Waals surface area contributed by atoms with E-state index in [4.69, 9.17) is 18.0 Å². The van der Waals surface area contributed by atoms with Gasteiger partial charge in [-0.25, -0.2) is 0 Å². The first kappa shape index (κ1) is 13.4. The van der Waals surface area contributed by atoms with E-state index in [0.29, 0.717) is 10.8 Å². The van der Waals surface area contributed by atoms with Crippen LogP contribution in [0, 0.1) is 13.8 Å². The molecule has 0 atom stereocenters. The van der Waals surface area contributed by atoms with Gasteiger partial charge in [-0.15, -0.1) is 5.10 Å². The molecular weight excluding hydrogens is 258 g/mol. The van der Waals surface area contributed by atoms with Crippen LogP contribution in [-0.2, 0) is 0 Å². The van der Waals surface area contributed by atoms with Gasteiger partial charge in [0.1, 0.15) is 4.99 Å². The normalized spacial score (nSPS) is 10.3. The summed E-state index contributed by atoms with van der Waals surface area (Å²) in [6.45, 7) is 3.83. The highest BCUT2D eigenvalue weighted by molar-refractivity contribution is 7.80. The Morgan fingerprint density at radius 3 is 2.63 bits per heavy atom. The second kappa shape index (κ2) is 5.27. The number of nitrogens with zero attached hydrogens (tertiary/aromatic N) is 4. The molecule has 2 aromatic rings. The van der Waals surface area contributed by atoms with Gasteiger partial charge in [-0.2, -0.15) is 5.10 Å². The van der Waals surface area contributed by atoms with E-state index in [2.05, 4.69) is 15.2 Å². The van der Waals surface area contributed by atoms with E-state index in [1.807, 2.05) is 37.9 Å². The van der Waals surface area contributed by atoms with Gasteiger partial charge in [0.15, 0.2) is 5.82 Å². The van der Waals surface area contributed by atoms with Gasteiger partial charge in [-0.1, -0.05) is 12.2 Å². The summed E-state index contributed by atoms with van der Waals surface area (Å²) in [6.07, 6.45) is 3.47. The summed E-state index contributed by atoms with van der Waals surface area (Å²) >= 11 is 5.13. The molecule has 0 bridgehead atoms. The largest absolute Gasteiger partial charge is 0.389 e. The molecule has 0 radical (unpaired) electrons. The van der Waals surface area contributed by atoms with E-state index in [1.165, 1.54) is 0 Å². The lowest BCUT2D eigenvalue weighted by Gasteiger charge is -2.21. The van der Waals surface area contributed by atoms with Gasteiger partial charge >= 0.3 is 0 Å². The molecule has 0 unspecified atom stereocenters. The molecule has 2 N–H and O–H groups in total. The highest BCUT2D eigenvalue weighted by Crippen LogP contribution is 2.26. The molecule has 0 saturated heterocycles. The van der Waals surface area contributed by atoms with E-state index < -0.39 is 0 Å². The summed E-state index contributed by atoms with van der Waals surface area (Å²) in [4.78, 5) is 6.29. The van der Waals surface area contributed by atoms with Crippen LogP contribution in [0.1, 0.15) is 16.8 Å². The highest BCUT2D eigenvalue weighted by Gasteiger charge is 2.17. The van der Waals surface area contributed by atoms with Crippen molar-refractivity contribution in [3.8, 4) is 0 Å². The van der Waals surface area contributed by atoms with Gasteiger partial charge in [0.25, 0.3) is 0 Å². The second-order valence-corrected chi connectivity index (χ2v) is 4.68. The molecule has 0 aliphatic rings. The van der Waals surface area contributed by atoms with Crippen LogP contribution in [0.25, 0.3) is 0 Å². The quantitative estimate of drug-likeness (QED) is 0.861. The maximum absolute atomic E-state index is 5.82. The Labute approximate surface area is 117 Å². The van der Waals surface area contributed by atoms with Crippen molar-refractivity contribution in [3.63, 3.8) is 0 Å². The molecule has 2 rings (SSSR count). The Morgan fingerprint density at radius 2 is 2.05 bits per heavy atom. The van der Waals surface area contributed by atoms with Crippen molar-refractivity contribution in [2.45, 2.75) is 13.8 Å². The number of anilines is 2. The summed E-state index contributed by atoms with van der Waals surface area (Å²) < 4.78 is 0. The number of thiocarbonyl (C=S) groups is 1. The first-order chi connectivity index (χ1) is 9.02. The van der Waals surface area contributed by atoms with E-state index in [9.17, 15) is 0 Å². The molecule has 2 aromatic heterocycles. The van der Waals surface area contributed by atoms with Crippen LogP contribution in [0.3, 0.4) is 0 Å². The molecule has 0 amide bonds. The number of pyridine rings is 1. The van der Waals surface area contributed by atoms with Crippen LogP contribution in [0.5, 0.6) is 0 Å². The fourth-order valence-corrected chi connectivity index (χ4v) is 2.04. The van der Waals surface area contributed by atoms with Crippen LogP contribution in [0.4, 0.5) is 11.5 Å². The molecule has 5 nitrogen and oxygen atoms in total. The Hall–Kier alpha value is -2.08. The van der Waals surface area contributed by atoms with E-state index >= 15 is 0 Å². The Bertz CT molecular complexity index is 612. The van der Waals surface area contributed by atoms with Gasteiger partial charge < -0.3 is 10.6 Å². The molecule has 19 heavy (non-hydrogen) atoms. The van der Waals surface area contributed by atoms with Crippen molar-refractivity contribution in [2.24, 2.45) is 5.73 Å². The number of hydrogen-bond donors (Lipinski definition) is 1. The predicted octanol–water partition coefficient (Wildman–Crippen LogP) is 1.89. The minimum atomic E-state index is 0.321. The van der Waals surface area contributed by atoms with Gasteiger partial charge in [0, 0.05) is 13.2 Å². The third kappa shape index (κ3) is 2.53. The van der Waals surface area contributed by atoms with Crippen molar-refractivity contribution < 1.29 is 0 Å². The summed E-state index contributed by atoms with van der Waals surface area (Å²) in [5.41, 5.74) is 9.26. The molecule has 0 spiro atoms. The van der Waals surface area contributed by atoms with Crippen molar-refractivity contribution in [1.82, 2.24) is 15.2 Å².